The summed E-state index contributed by atoms with van der Waals surface area (Å²) in [6, 6.07) is 15.5. The molecule has 41 heavy (non-hydrogen) atoms. The molecule has 3 heterocycles. The van der Waals surface area contributed by atoms with Gasteiger partial charge in [0.15, 0.2) is 0 Å². The van der Waals surface area contributed by atoms with Crippen LogP contribution in [0.4, 0.5) is 16.2 Å². The van der Waals surface area contributed by atoms with Gasteiger partial charge in [-0.2, -0.15) is 0 Å². The highest BCUT2D eigenvalue weighted by molar-refractivity contribution is 8.18. The number of benzene rings is 2. The first-order valence-electron chi connectivity index (χ1n) is 12.9. The third kappa shape index (κ3) is 6.64. The quantitative estimate of drug-likeness (QED) is 0.274. The molecular weight excluding hydrogens is 570 g/mol. The molecule has 1 aromatic heterocycles. The van der Waals surface area contributed by atoms with Crippen LogP contribution >= 0.6 is 23.4 Å². The van der Waals surface area contributed by atoms with Gasteiger partial charge in [-0.25, -0.2) is 4.79 Å². The monoisotopic (exact) mass is 595 g/mol. The fraction of sp³-hybridized carbons (Fsp3) is 0.241. The van der Waals surface area contributed by atoms with Gasteiger partial charge in [-0.3, -0.25) is 19.3 Å². The molecule has 10 nitrogen and oxygen atoms in total. The molecule has 0 atom stereocenters. The summed E-state index contributed by atoms with van der Waals surface area (Å²) in [4.78, 5) is 53.5. The van der Waals surface area contributed by atoms with Gasteiger partial charge < -0.3 is 24.1 Å². The van der Waals surface area contributed by atoms with Gasteiger partial charge in [-0.15, -0.1) is 0 Å². The minimum Gasteiger partial charge on any atom is -0.462 e. The van der Waals surface area contributed by atoms with E-state index in [1.807, 2.05) is 12.1 Å². The second kappa shape index (κ2) is 12.6. The number of ether oxygens (including phenoxy) is 2. The molecule has 0 unspecified atom stereocenters. The summed E-state index contributed by atoms with van der Waals surface area (Å²) in [5.74, 6) is -0.881. The first kappa shape index (κ1) is 28.5. The Morgan fingerprint density at radius 3 is 2.56 bits per heavy atom. The van der Waals surface area contributed by atoms with Crippen molar-refractivity contribution in [3.63, 3.8) is 0 Å². The Balaban J connectivity index is 1.22. The van der Waals surface area contributed by atoms with Gasteiger partial charge in [0.1, 0.15) is 18.1 Å². The normalized spacial score (nSPS) is 16.4. The molecule has 0 saturated carbocycles. The van der Waals surface area contributed by atoms with E-state index in [0.29, 0.717) is 36.0 Å². The summed E-state index contributed by atoms with van der Waals surface area (Å²) in [6.45, 7) is 4.44. The molecule has 12 heteroatoms. The molecule has 2 fully saturated rings. The van der Waals surface area contributed by atoms with Crippen molar-refractivity contribution in [2.24, 2.45) is 0 Å². The van der Waals surface area contributed by atoms with Crippen molar-refractivity contribution in [1.29, 1.82) is 0 Å². The lowest BCUT2D eigenvalue weighted by atomic mass is 10.1. The molecular formula is C29H26ClN3O7S. The number of anilines is 2. The zero-order valence-electron chi connectivity index (χ0n) is 22.1. The van der Waals surface area contributed by atoms with Gasteiger partial charge >= 0.3 is 5.97 Å². The van der Waals surface area contributed by atoms with Gasteiger partial charge in [0.05, 0.1) is 35.3 Å². The van der Waals surface area contributed by atoms with Gasteiger partial charge in [0.25, 0.3) is 11.1 Å². The van der Waals surface area contributed by atoms with Crippen molar-refractivity contribution in [2.75, 3.05) is 49.7 Å². The molecule has 0 aliphatic carbocycles. The summed E-state index contributed by atoms with van der Waals surface area (Å²) < 4.78 is 16.3. The lowest BCUT2D eigenvalue weighted by Crippen LogP contribution is -2.36. The van der Waals surface area contributed by atoms with Gasteiger partial charge in [-0.05, 0) is 73.3 Å². The van der Waals surface area contributed by atoms with Crippen molar-refractivity contribution >= 4 is 63.8 Å². The van der Waals surface area contributed by atoms with Crippen molar-refractivity contribution in [3.05, 3.63) is 75.8 Å². The average molecular weight is 596 g/mol. The van der Waals surface area contributed by atoms with E-state index >= 15 is 0 Å². The van der Waals surface area contributed by atoms with Gasteiger partial charge in [0, 0.05) is 36.1 Å². The number of esters is 1. The molecule has 212 valence electrons. The predicted molar refractivity (Wildman–Crippen MR) is 156 cm³/mol. The molecule has 5 rings (SSSR count). The first-order valence-corrected chi connectivity index (χ1v) is 14.1. The Morgan fingerprint density at radius 1 is 1.07 bits per heavy atom. The molecule has 1 N–H and O–H groups in total. The third-order valence-electron chi connectivity index (χ3n) is 6.35. The Morgan fingerprint density at radius 2 is 1.83 bits per heavy atom. The van der Waals surface area contributed by atoms with E-state index < -0.39 is 29.6 Å². The van der Waals surface area contributed by atoms with Crippen LogP contribution in [0.3, 0.4) is 0 Å². The highest BCUT2D eigenvalue weighted by Crippen LogP contribution is 2.34. The van der Waals surface area contributed by atoms with E-state index in [4.69, 9.17) is 25.5 Å². The van der Waals surface area contributed by atoms with Crippen LogP contribution < -0.4 is 10.2 Å². The van der Waals surface area contributed by atoms with Crippen LogP contribution in [0.2, 0.25) is 5.02 Å². The largest absolute Gasteiger partial charge is 0.462 e. The fourth-order valence-corrected chi connectivity index (χ4v) is 5.33. The van der Waals surface area contributed by atoms with Crippen LogP contribution in [0.1, 0.15) is 23.0 Å². The second-order valence-electron chi connectivity index (χ2n) is 9.08. The highest BCUT2D eigenvalue weighted by atomic mass is 35.5. The van der Waals surface area contributed by atoms with E-state index in [1.165, 1.54) is 6.08 Å². The molecule has 0 bridgehead atoms. The number of amides is 3. The minimum absolute atomic E-state index is 0.127. The predicted octanol–water partition coefficient (Wildman–Crippen LogP) is 5.29. The van der Waals surface area contributed by atoms with E-state index in [1.54, 1.807) is 49.4 Å². The molecule has 2 aliphatic heterocycles. The molecule has 0 radical (unpaired) electrons. The molecule has 2 aliphatic rings. The zero-order chi connectivity index (χ0) is 28.9. The smallest absolute Gasteiger partial charge is 0.339 e. The number of imide groups is 1. The van der Waals surface area contributed by atoms with Gasteiger partial charge in [0.2, 0.25) is 5.91 Å². The van der Waals surface area contributed by atoms with Crippen LogP contribution in [0, 0.1) is 0 Å². The number of furan rings is 1. The number of thioether (sulfide) groups is 1. The Bertz CT molecular complexity index is 1510. The maximum absolute atomic E-state index is 12.9. The lowest BCUT2D eigenvalue weighted by molar-refractivity contribution is -0.127. The number of nitrogens with zero attached hydrogens (tertiary/aromatic N) is 2. The van der Waals surface area contributed by atoms with Crippen molar-refractivity contribution in [2.45, 2.75) is 6.92 Å². The SMILES string of the molecule is CCOC(=O)c1cc(-c2ccc(/C=C3/SC(=O)N(CC(=O)Nc4ccc(N5CCOCC5)cc4)C3=O)o2)ccc1Cl. The average Bonchev–Trinajstić information content (AvgIpc) is 3.54. The zero-order valence-corrected chi connectivity index (χ0v) is 23.6. The first-order chi connectivity index (χ1) is 19.8. The number of hydrogen-bond donors (Lipinski definition) is 1. The van der Waals surface area contributed by atoms with Crippen molar-refractivity contribution in [1.82, 2.24) is 4.90 Å². The number of carbonyl (C=O) groups excluding carboxylic acids is 4. The summed E-state index contributed by atoms with van der Waals surface area (Å²) in [5, 5.41) is 2.43. The number of hydrogen-bond acceptors (Lipinski definition) is 9. The van der Waals surface area contributed by atoms with Crippen LogP contribution in [-0.4, -0.2) is 67.4 Å². The van der Waals surface area contributed by atoms with Crippen molar-refractivity contribution < 1.29 is 33.1 Å². The molecule has 2 saturated heterocycles. The standard InChI is InChI=1S/C29H26ClN3O7S/c1-2-39-28(36)22-15-18(3-9-23(22)30)24-10-8-21(40-24)16-25-27(35)33(29(37)41-25)17-26(34)31-19-4-6-20(7-5-19)32-11-13-38-14-12-32/h3-10,15-16H,2,11-14,17H2,1H3,(H,31,34)/b25-16+. The van der Waals surface area contributed by atoms with Crippen LogP contribution in [0.15, 0.2) is 63.9 Å². The molecule has 0 spiro atoms. The summed E-state index contributed by atoms with van der Waals surface area (Å²) in [5.41, 5.74) is 2.38. The molecule has 2 aromatic carbocycles. The third-order valence-corrected chi connectivity index (χ3v) is 7.59. The number of morpholine rings is 1. The maximum Gasteiger partial charge on any atom is 0.339 e. The van der Waals surface area contributed by atoms with E-state index in [9.17, 15) is 19.2 Å². The Hall–Kier alpha value is -4.06. The Kier molecular flexibility index (Phi) is 8.77. The summed E-state index contributed by atoms with van der Waals surface area (Å²) in [6.07, 6.45) is 1.44. The lowest BCUT2D eigenvalue weighted by Gasteiger charge is -2.28. The number of rotatable bonds is 8. The number of halogens is 1. The van der Waals surface area contributed by atoms with E-state index in [0.717, 1.165) is 35.4 Å². The van der Waals surface area contributed by atoms with E-state index in [-0.39, 0.29) is 22.1 Å². The topological polar surface area (TPSA) is 118 Å². The van der Waals surface area contributed by atoms with Crippen LogP contribution in [0.25, 0.3) is 17.4 Å². The molecule has 3 aromatic rings. The minimum atomic E-state index is -0.591. The summed E-state index contributed by atoms with van der Waals surface area (Å²) in [7, 11) is 0. The van der Waals surface area contributed by atoms with Crippen molar-refractivity contribution in [3.8, 4) is 11.3 Å². The van der Waals surface area contributed by atoms with Gasteiger partial charge in [-0.1, -0.05) is 11.6 Å². The number of carbonyl (C=O) groups is 4. The maximum atomic E-state index is 12.9. The summed E-state index contributed by atoms with van der Waals surface area (Å²) >= 11 is 6.87. The second-order valence-corrected chi connectivity index (χ2v) is 10.5. The molecule has 3 amide bonds. The van der Waals surface area contributed by atoms with E-state index in [2.05, 4.69) is 10.2 Å². The Labute approximate surface area is 245 Å². The fourth-order valence-electron chi connectivity index (χ4n) is 4.32. The number of nitrogens with one attached hydrogen (secondary N) is 1. The highest BCUT2D eigenvalue weighted by Gasteiger charge is 2.36. The van der Waals surface area contributed by atoms with Crippen LogP contribution in [0.5, 0.6) is 0 Å². The van der Waals surface area contributed by atoms with Crippen LogP contribution in [-0.2, 0) is 19.1 Å².